The monoisotopic (exact) mass is 262 g/mol. The maximum absolute atomic E-state index is 12.4. The van der Waals surface area contributed by atoms with Crippen LogP contribution in [0.5, 0.6) is 0 Å². The van der Waals surface area contributed by atoms with Gasteiger partial charge in [-0.15, -0.1) is 0 Å². The summed E-state index contributed by atoms with van der Waals surface area (Å²) in [5, 5.41) is 12.5. The van der Waals surface area contributed by atoms with E-state index in [1.807, 2.05) is 0 Å². The van der Waals surface area contributed by atoms with Gasteiger partial charge in [0.25, 0.3) is 0 Å². The predicted molar refractivity (Wildman–Crippen MR) is 75.2 cm³/mol. The van der Waals surface area contributed by atoms with Crippen LogP contribution in [0.2, 0.25) is 0 Å². The molecular weight excluding hydrogens is 236 g/mol. The van der Waals surface area contributed by atoms with Crippen LogP contribution < -0.4 is 5.32 Å². The lowest BCUT2D eigenvalue weighted by Gasteiger charge is -2.41. The molecule has 2 aliphatic rings. The first-order valence-corrected chi connectivity index (χ1v) is 7.83. The lowest BCUT2D eigenvalue weighted by Crippen LogP contribution is -2.52. The van der Waals surface area contributed by atoms with Gasteiger partial charge in [0, 0.05) is 6.04 Å². The Labute approximate surface area is 116 Å². The van der Waals surface area contributed by atoms with Crippen LogP contribution in [-0.4, -0.2) is 11.9 Å². The van der Waals surface area contributed by atoms with E-state index < -0.39 is 5.41 Å². The Kier molecular flexibility index (Phi) is 4.50. The molecule has 0 aromatic carbocycles. The zero-order valence-corrected chi connectivity index (χ0v) is 12.2. The zero-order valence-electron chi connectivity index (χ0n) is 12.2. The minimum absolute atomic E-state index is 0.00877. The lowest BCUT2D eigenvalue weighted by atomic mass is 9.63. The predicted octanol–water partition coefficient (Wildman–Crippen LogP) is 3.40. The lowest BCUT2D eigenvalue weighted by molar-refractivity contribution is -0.135. The largest absolute Gasteiger partial charge is 0.352 e. The van der Waals surface area contributed by atoms with Crippen molar-refractivity contribution in [3.8, 4) is 6.07 Å². The normalized spacial score (nSPS) is 33.0. The molecule has 0 aliphatic heterocycles. The van der Waals surface area contributed by atoms with Crippen LogP contribution in [0, 0.1) is 28.6 Å². The van der Waals surface area contributed by atoms with E-state index in [0.29, 0.717) is 11.8 Å². The maximum atomic E-state index is 12.4. The summed E-state index contributed by atoms with van der Waals surface area (Å²) in [5.74, 6) is 1.13. The third-order valence-electron chi connectivity index (χ3n) is 5.02. The van der Waals surface area contributed by atoms with Gasteiger partial charge in [-0.1, -0.05) is 33.1 Å². The van der Waals surface area contributed by atoms with Crippen molar-refractivity contribution in [2.75, 3.05) is 0 Å². The fourth-order valence-electron chi connectivity index (χ4n) is 3.85. The van der Waals surface area contributed by atoms with E-state index in [-0.39, 0.29) is 11.9 Å². The number of rotatable bonds is 4. The average molecular weight is 262 g/mol. The molecule has 2 saturated carbocycles. The molecule has 0 bridgehead atoms. The van der Waals surface area contributed by atoms with E-state index in [0.717, 1.165) is 19.3 Å². The second-order valence-corrected chi connectivity index (χ2v) is 6.59. The van der Waals surface area contributed by atoms with Gasteiger partial charge in [-0.2, -0.15) is 5.26 Å². The van der Waals surface area contributed by atoms with Gasteiger partial charge >= 0.3 is 0 Å². The highest BCUT2D eigenvalue weighted by Gasteiger charge is 2.49. The Balaban J connectivity index is 1.94. The molecule has 0 aromatic heterocycles. The SMILES string of the molecule is CCC(NC(=O)C1(C#N)CC(C)C1)C1CCCCC1. The molecule has 3 nitrogen and oxygen atoms in total. The Hall–Kier alpha value is -1.04. The number of nitriles is 1. The Bertz CT molecular complexity index is 359. The summed E-state index contributed by atoms with van der Waals surface area (Å²) in [7, 11) is 0. The summed E-state index contributed by atoms with van der Waals surface area (Å²) >= 11 is 0. The molecule has 2 rings (SSSR count). The van der Waals surface area contributed by atoms with E-state index >= 15 is 0 Å². The first-order valence-electron chi connectivity index (χ1n) is 7.83. The van der Waals surface area contributed by atoms with Crippen molar-refractivity contribution < 1.29 is 4.79 Å². The van der Waals surface area contributed by atoms with Crippen LogP contribution in [0.15, 0.2) is 0 Å². The van der Waals surface area contributed by atoms with Crippen LogP contribution in [0.25, 0.3) is 0 Å². The van der Waals surface area contributed by atoms with E-state index in [1.54, 1.807) is 0 Å². The standard InChI is InChI=1S/C16H26N2O/c1-3-14(13-7-5-4-6-8-13)18-15(19)16(11-17)9-12(2)10-16/h12-14H,3-10H2,1-2H3,(H,18,19). The number of hydrogen-bond acceptors (Lipinski definition) is 2. The molecule has 0 saturated heterocycles. The molecule has 3 heteroatoms. The highest BCUT2D eigenvalue weighted by Crippen LogP contribution is 2.45. The van der Waals surface area contributed by atoms with Crippen molar-refractivity contribution in [1.29, 1.82) is 5.26 Å². The quantitative estimate of drug-likeness (QED) is 0.844. The van der Waals surface area contributed by atoms with Gasteiger partial charge in [0.1, 0.15) is 5.41 Å². The summed E-state index contributed by atoms with van der Waals surface area (Å²) in [6.45, 7) is 4.25. The second kappa shape index (κ2) is 5.94. The van der Waals surface area contributed by atoms with Gasteiger partial charge < -0.3 is 5.32 Å². The molecule has 2 aliphatic carbocycles. The summed E-state index contributed by atoms with van der Waals surface area (Å²) in [6.07, 6.45) is 8.82. The van der Waals surface area contributed by atoms with Crippen LogP contribution in [-0.2, 0) is 4.79 Å². The maximum Gasteiger partial charge on any atom is 0.240 e. The molecule has 0 heterocycles. The number of amides is 1. The van der Waals surface area contributed by atoms with Gasteiger partial charge in [-0.3, -0.25) is 4.79 Å². The van der Waals surface area contributed by atoms with Crippen LogP contribution >= 0.6 is 0 Å². The van der Waals surface area contributed by atoms with Crippen molar-refractivity contribution in [2.45, 2.75) is 71.3 Å². The van der Waals surface area contributed by atoms with Crippen molar-refractivity contribution >= 4 is 5.91 Å². The van der Waals surface area contributed by atoms with E-state index in [9.17, 15) is 10.1 Å². The minimum Gasteiger partial charge on any atom is -0.352 e. The number of hydrogen-bond donors (Lipinski definition) is 1. The highest BCUT2D eigenvalue weighted by molar-refractivity contribution is 5.86. The topological polar surface area (TPSA) is 52.9 Å². The molecule has 106 valence electrons. The van der Waals surface area contributed by atoms with E-state index in [4.69, 9.17) is 0 Å². The molecule has 1 amide bonds. The third kappa shape index (κ3) is 2.94. The molecule has 2 fully saturated rings. The molecule has 19 heavy (non-hydrogen) atoms. The van der Waals surface area contributed by atoms with Gasteiger partial charge in [-0.25, -0.2) is 0 Å². The molecule has 1 N–H and O–H groups in total. The van der Waals surface area contributed by atoms with Crippen molar-refractivity contribution in [2.24, 2.45) is 17.3 Å². The van der Waals surface area contributed by atoms with Crippen molar-refractivity contribution in [3.05, 3.63) is 0 Å². The molecule has 0 radical (unpaired) electrons. The van der Waals surface area contributed by atoms with E-state index in [2.05, 4.69) is 25.2 Å². The van der Waals surface area contributed by atoms with Gasteiger partial charge in [0.2, 0.25) is 5.91 Å². The van der Waals surface area contributed by atoms with Gasteiger partial charge in [-0.05, 0) is 43.9 Å². The number of nitrogens with one attached hydrogen (secondary N) is 1. The Morgan fingerprint density at radius 3 is 2.47 bits per heavy atom. The van der Waals surface area contributed by atoms with Crippen LogP contribution in [0.4, 0.5) is 0 Å². The molecule has 0 spiro atoms. The number of carbonyl (C=O) groups excluding carboxylic acids is 1. The molecular formula is C16H26N2O. The van der Waals surface area contributed by atoms with Crippen molar-refractivity contribution in [3.63, 3.8) is 0 Å². The molecule has 1 atom stereocenters. The summed E-state index contributed by atoms with van der Waals surface area (Å²) in [4.78, 5) is 12.4. The van der Waals surface area contributed by atoms with Crippen LogP contribution in [0.1, 0.15) is 65.2 Å². The Morgan fingerprint density at radius 2 is 2.00 bits per heavy atom. The summed E-state index contributed by atoms with van der Waals surface area (Å²) in [5.41, 5.74) is -0.721. The number of carbonyl (C=O) groups is 1. The summed E-state index contributed by atoms with van der Waals surface area (Å²) in [6, 6.07) is 2.54. The average Bonchev–Trinajstić information content (AvgIpc) is 2.41. The Morgan fingerprint density at radius 1 is 1.37 bits per heavy atom. The smallest absolute Gasteiger partial charge is 0.240 e. The third-order valence-corrected chi connectivity index (χ3v) is 5.02. The molecule has 1 unspecified atom stereocenters. The first kappa shape index (κ1) is 14.4. The van der Waals surface area contributed by atoms with Gasteiger partial charge in [0.05, 0.1) is 6.07 Å². The number of nitrogens with zero attached hydrogens (tertiary/aromatic N) is 1. The minimum atomic E-state index is -0.721. The first-order chi connectivity index (χ1) is 9.11. The van der Waals surface area contributed by atoms with E-state index in [1.165, 1.54) is 32.1 Å². The summed E-state index contributed by atoms with van der Waals surface area (Å²) < 4.78 is 0. The fraction of sp³-hybridized carbons (Fsp3) is 0.875. The molecule has 0 aromatic rings. The van der Waals surface area contributed by atoms with Gasteiger partial charge in [0.15, 0.2) is 0 Å². The van der Waals surface area contributed by atoms with Crippen molar-refractivity contribution in [1.82, 2.24) is 5.32 Å². The fourth-order valence-corrected chi connectivity index (χ4v) is 3.85. The highest BCUT2D eigenvalue weighted by atomic mass is 16.2. The zero-order chi connectivity index (χ0) is 13.9. The van der Waals surface area contributed by atoms with Crippen LogP contribution in [0.3, 0.4) is 0 Å². The second-order valence-electron chi connectivity index (χ2n) is 6.59.